The van der Waals surface area contributed by atoms with E-state index in [0.29, 0.717) is 43.3 Å². The largest absolute Gasteiger partial charge is 0.387 e. The third-order valence-electron chi connectivity index (χ3n) is 7.98. The van der Waals surface area contributed by atoms with Crippen molar-refractivity contribution in [3.8, 4) is 0 Å². The average molecular weight is 550 g/mol. The van der Waals surface area contributed by atoms with Gasteiger partial charge in [0.05, 0.1) is 39.3 Å². The fourth-order valence-corrected chi connectivity index (χ4v) is 6.47. The fourth-order valence-electron chi connectivity index (χ4n) is 6.21. The van der Waals surface area contributed by atoms with Crippen LogP contribution in [0.15, 0.2) is 42.5 Å². The molecule has 2 aromatic heterocycles. The summed E-state index contributed by atoms with van der Waals surface area (Å²) in [5.74, 6) is -0.869. The van der Waals surface area contributed by atoms with Gasteiger partial charge in [0, 0.05) is 41.2 Å². The number of hydrogen-bond acceptors (Lipinski definition) is 7. The number of nitrogens with zero attached hydrogens (tertiary/aromatic N) is 2. The van der Waals surface area contributed by atoms with Crippen LogP contribution in [-0.4, -0.2) is 86.8 Å². The van der Waals surface area contributed by atoms with Gasteiger partial charge in [-0.15, -0.1) is 0 Å². The van der Waals surface area contributed by atoms with E-state index in [2.05, 4.69) is 4.98 Å². The summed E-state index contributed by atoms with van der Waals surface area (Å²) >= 11 is 6.77. The average Bonchev–Trinajstić information content (AvgIpc) is 3.55. The number of halogens is 1. The molecule has 5 atom stereocenters. The lowest BCUT2D eigenvalue weighted by molar-refractivity contribution is -0.250. The highest BCUT2D eigenvalue weighted by Crippen LogP contribution is 2.48. The Morgan fingerprint density at radius 1 is 0.923 bits per heavy atom. The van der Waals surface area contributed by atoms with E-state index in [1.54, 1.807) is 22.8 Å². The molecule has 10 nitrogen and oxygen atoms in total. The number of nitrogens with one attached hydrogen (secondary N) is 1. The molecule has 0 spiro atoms. The van der Waals surface area contributed by atoms with E-state index in [4.69, 9.17) is 21.1 Å². The molecule has 5 aromatic rings. The Labute approximate surface area is 225 Å². The van der Waals surface area contributed by atoms with Gasteiger partial charge in [0.15, 0.2) is 6.23 Å². The quantitative estimate of drug-likeness (QED) is 0.254. The first-order chi connectivity index (χ1) is 18.8. The number of amides is 2. The van der Waals surface area contributed by atoms with E-state index in [1.165, 1.54) is 14.2 Å². The summed E-state index contributed by atoms with van der Waals surface area (Å²) < 4.78 is 13.0. The zero-order valence-electron chi connectivity index (χ0n) is 20.9. The zero-order valence-corrected chi connectivity index (χ0v) is 21.6. The van der Waals surface area contributed by atoms with Crippen LogP contribution in [0, 0.1) is 0 Å². The van der Waals surface area contributed by atoms with Crippen molar-refractivity contribution in [1.29, 1.82) is 0 Å². The van der Waals surface area contributed by atoms with Crippen molar-refractivity contribution in [2.75, 3.05) is 20.8 Å². The fraction of sp³-hybridized carbons (Fsp3) is 0.286. The first kappa shape index (κ1) is 24.5. The van der Waals surface area contributed by atoms with E-state index < -0.39 is 42.5 Å². The number of hydrogen-bond donors (Lipinski definition) is 4. The maximum absolute atomic E-state index is 13.6. The Morgan fingerprint density at radius 3 is 2.36 bits per heavy atom. The first-order valence-electron chi connectivity index (χ1n) is 12.5. The number of carbonyl (C=O) groups excluding carboxylic acids is 2. The monoisotopic (exact) mass is 549 g/mol. The summed E-state index contributed by atoms with van der Waals surface area (Å²) in [6.45, 7) is -0.0404. The molecule has 2 amide bonds. The van der Waals surface area contributed by atoms with Crippen molar-refractivity contribution >= 4 is 67.0 Å². The van der Waals surface area contributed by atoms with Gasteiger partial charge in [-0.3, -0.25) is 14.5 Å². The first-order valence-corrected chi connectivity index (χ1v) is 12.8. The van der Waals surface area contributed by atoms with Gasteiger partial charge >= 0.3 is 0 Å². The summed E-state index contributed by atoms with van der Waals surface area (Å²) in [5, 5.41) is 35.3. The Bertz CT molecular complexity index is 1860. The predicted octanol–water partition coefficient (Wildman–Crippen LogP) is 2.93. The topological polar surface area (TPSA) is 137 Å². The number of aromatic amines is 1. The van der Waals surface area contributed by atoms with Crippen LogP contribution in [0.5, 0.6) is 0 Å². The number of fused-ring (bicyclic) bond motifs is 10. The van der Waals surface area contributed by atoms with Gasteiger partial charge < -0.3 is 34.3 Å². The van der Waals surface area contributed by atoms with E-state index >= 15 is 0 Å². The molecule has 0 unspecified atom stereocenters. The smallest absolute Gasteiger partial charge is 0.262 e. The van der Waals surface area contributed by atoms with Crippen LogP contribution >= 0.6 is 11.6 Å². The minimum atomic E-state index is -1.56. The summed E-state index contributed by atoms with van der Waals surface area (Å²) in [6.07, 6.45) is -6.70. The van der Waals surface area contributed by atoms with Crippen molar-refractivity contribution in [2.45, 2.75) is 30.6 Å². The van der Waals surface area contributed by atoms with E-state index in [-0.39, 0.29) is 12.2 Å². The molecule has 2 aliphatic heterocycles. The molecule has 4 heterocycles. The van der Waals surface area contributed by atoms with Crippen molar-refractivity contribution < 1.29 is 34.4 Å². The molecule has 1 fully saturated rings. The number of imide groups is 1. The molecule has 39 heavy (non-hydrogen) atoms. The van der Waals surface area contributed by atoms with Crippen LogP contribution in [0.25, 0.3) is 43.6 Å². The van der Waals surface area contributed by atoms with Crippen molar-refractivity contribution in [3.05, 3.63) is 58.6 Å². The second-order valence-corrected chi connectivity index (χ2v) is 10.5. The van der Waals surface area contributed by atoms with Gasteiger partial charge in [0.1, 0.15) is 24.4 Å². The number of rotatable bonds is 3. The summed E-state index contributed by atoms with van der Waals surface area (Å²) in [6, 6.07) is 12.7. The molecule has 4 N–H and O–H groups in total. The number of benzene rings is 3. The number of aliphatic hydroxyl groups is 3. The Balaban J connectivity index is 1.70. The maximum atomic E-state index is 13.6. The molecule has 3 aromatic carbocycles. The zero-order chi connectivity index (χ0) is 27.3. The summed E-state index contributed by atoms with van der Waals surface area (Å²) in [4.78, 5) is 31.6. The van der Waals surface area contributed by atoms with Gasteiger partial charge in [0.25, 0.3) is 11.8 Å². The highest BCUT2D eigenvalue weighted by molar-refractivity contribution is 6.41. The molecule has 0 saturated carbocycles. The minimum Gasteiger partial charge on any atom is -0.387 e. The molecule has 200 valence electrons. The standard InChI is InChI=1S/C28H24ClN3O7/c1-31-26(36)18-16-11-6-3-4-9-14(11)30-20(16)22-17(19(18)27(31)37)12-7-5-8-13(29)21(12)32(22)28-25(35)24(34)23(33)15(39-28)10-38-2/h3-9,15,23-25,28,30,33-35H,10H2,1-2H3/t15-,23-,24+,25-,28-/m1/s1. The Hall–Kier alpha value is -3.51. The molecule has 2 aliphatic rings. The molecule has 0 aliphatic carbocycles. The van der Waals surface area contributed by atoms with Gasteiger partial charge in [-0.1, -0.05) is 41.9 Å². The number of ether oxygens (including phenoxy) is 2. The van der Waals surface area contributed by atoms with Crippen LogP contribution in [0.3, 0.4) is 0 Å². The van der Waals surface area contributed by atoms with E-state index in [0.717, 1.165) is 15.8 Å². The van der Waals surface area contributed by atoms with Crippen LogP contribution in [0.1, 0.15) is 26.9 Å². The van der Waals surface area contributed by atoms with Crippen LogP contribution < -0.4 is 0 Å². The maximum Gasteiger partial charge on any atom is 0.262 e. The van der Waals surface area contributed by atoms with Crippen LogP contribution in [0.2, 0.25) is 5.02 Å². The third-order valence-corrected chi connectivity index (χ3v) is 8.28. The molecule has 7 rings (SSSR count). The van der Waals surface area contributed by atoms with E-state index in [1.807, 2.05) is 24.3 Å². The Kier molecular flexibility index (Phi) is 5.34. The SMILES string of the molecule is COC[C@H]1O[C@@H](n2c3c(Cl)cccc3c3c4c(c5c6ccccc6[nH]c5c32)C(=O)N(C)C4=O)[C@H](O)[C@@H](O)[C@@H]1O. The second-order valence-electron chi connectivity index (χ2n) is 10.1. The molecular weight excluding hydrogens is 526 g/mol. The van der Waals surface area contributed by atoms with E-state index in [9.17, 15) is 24.9 Å². The number of aliphatic hydroxyl groups excluding tert-OH is 3. The van der Waals surface area contributed by atoms with Gasteiger partial charge in [-0.05, 0) is 12.1 Å². The highest BCUT2D eigenvalue weighted by Gasteiger charge is 2.47. The van der Waals surface area contributed by atoms with Crippen molar-refractivity contribution in [2.24, 2.45) is 0 Å². The lowest BCUT2D eigenvalue weighted by atomic mass is 9.96. The highest BCUT2D eigenvalue weighted by atomic mass is 35.5. The third kappa shape index (κ3) is 3.09. The van der Waals surface area contributed by atoms with Crippen molar-refractivity contribution in [3.63, 3.8) is 0 Å². The molecule has 0 bridgehead atoms. The molecule has 1 saturated heterocycles. The van der Waals surface area contributed by atoms with Gasteiger partial charge in [-0.2, -0.15) is 0 Å². The summed E-state index contributed by atoms with van der Waals surface area (Å²) in [5.41, 5.74) is 2.75. The second kappa shape index (κ2) is 8.49. The van der Waals surface area contributed by atoms with Gasteiger partial charge in [0.2, 0.25) is 0 Å². The molecule has 11 heteroatoms. The molecule has 0 radical (unpaired) electrons. The number of methoxy groups -OCH3 is 1. The number of H-pyrrole nitrogens is 1. The summed E-state index contributed by atoms with van der Waals surface area (Å²) in [7, 11) is 2.89. The lowest BCUT2D eigenvalue weighted by Crippen LogP contribution is -2.56. The number of para-hydroxylation sites is 2. The minimum absolute atomic E-state index is 0.0404. The van der Waals surface area contributed by atoms with Crippen LogP contribution in [0.4, 0.5) is 0 Å². The van der Waals surface area contributed by atoms with Gasteiger partial charge in [-0.25, -0.2) is 0 Å². The molecular formula is C28H24ClN3O7. The number of aromatic nitrogens is 2. The predicted molar refractivity (Wildman–Crippen MR) is 144 cm³/mol. The van der Waals surface area contributed by atoms with Crippen molar-refractivity contribution in [1.82, 2.24) is 14.5 Å². The normalized spacial score (nSPS) is 25.6. The Morgan fingerprint density at radius 2 is 1.62 bits per heavy atom. The lowest BCUT2D eigenvalue weighted by Gasteiger charge is -2.41. The van der Waals surface area contributed by atoms with Crippen LogP contribution in [-0.2, 0) is 9.47 Å². The number of carbonyl (C=O) groups is 2.